The average Bonchev–Trinajstić information content (AvgIpc) is 2.97. The highest BCUT2D eigenvalue weighted by Crippen LogP contribution is 2.49. The maximum atomic E-state index is 12.6. The minimum absolute atomic E-state index is 0.0482. The van der Waals surface area contributed by atoms with Crippen LogP contribution in [-0.2, 0) is 28.7 Å². The number of hydrogen-bond donors (Lipinski definition) is 2. The third-order valence-corrected chi connectivity index (χ3v) is 6.31. The Morgan fingerprint density at radius 2 is 2.04 bits per heavy atom. The van der Waals surface area contributed by atoms with Gasteiger partial charge in [-0.25, -0.2) is 14.5 Å². The average molecular weight is 413 g/mol. The Bertz CT molecular complexity index is 812. The van der Waals surface area contributed by atoms with E-state index in [1.165, 1.54) is 30.7 Å². The molecule has 0 spiro atoms. The molecule has 4 amide bonds. The van der Waals surface area contributed by atoms with Crippen LogP contribution in [0.1, 0.15) is 19.8 Å². The Labute approximate surface area is 163 Å². The number of amides is 4. The summed E-state index contributed by atoms with van der Waals surface area (Å²) in [6.07, 6.45) is -1.25. The van der Waals surface area contributed by atoms with E-state index in [0.29, 0.717) is 10.5 Å². The summed E-state index contributed by atoms with van der Waals surface area (Å²) >= 11 is 1.31. The lowest BCUT2D eigenvalue weighted by Gasteiger charge is -2.53. The number of ether oxygens (including phenoxy) is 2. The van der Waals surface area contributed by atoms with Crippen molar-refractivity contribution < 1.29 is 38.6 Å². The summed E-state index contributed by atoms with van der Waals surface area (Å²) in [5, 5.41) is 9.55. The lowest BCUT2D eigenvalue weighted by Crippen LogP contribution is -2.71. The number of fused-ring (bicyclic) bond motifs is 1. The molecule has 12 heteroatoms. The van der Waals surface area contributed by atoms with Crippen LogP contribution < -0.4 is 5.73 Å². The number of aliphatic carboxylic acids is 1. The first-order chi connectivity index (χ1) is 13.2. The number of rotatable bonds is 5. The molecule has 3 heterocycles. The molecule has 3 aliphatic rings. The molecule has 3 aliphatic heterocycles. The summed E-state index contributed by atoms with van der Waals surface area (Å²) in [5.41, 5.74) is 3.45. The van der Waals surface area contributed by atoms with Gasteiger partial charge in [0.1, 0.15) is 12.0 Å². The van der Waals surface area contributed by atoms with E-state index in [4.69, 9.17) is 15.2 Å². The number of nitrogens with two attached hydrogens (primary N) is 1. The van der Waals surface area contributed by atoms with Crippen LogP contribution in [0.5, 0.6) is 0 Å². The maximum Gasteiger partial charge on any atom is 0.336 e. The number of urea groups is 1. The molecule has 0 aliphatic carbocycles. The fourth-order valence-electron chi connectivity index (χ4n) is 3.83. The van der Waals surface area contributed by atoms with Crippen LogP contribution in [0.3, 0.4) is 0 Å². The number of carboxylic acids is 1. The zero-order chi connectivity index (χ0) is 20.8. The van der Waals surface area contributed by atoms with E-state index in [0.717, 1.165) is 0 Å². The molecule has 2 saturated heterocycles. The van der Waals surface area contributed by atoms with Gasteiger partial charge in [0.2, 0.25) is 5.91 Å². The lowest BCUT2D eigenvalue weighted by atomic mass is 9.85. The van der Waals surface area contributed by atoms with Gasteiger partial charge in [-0.15, -0.1) is 11.8 Å². The third-order valence-electron chi connectivity index (χ3n) is 5.00. The molecule has 0 radical (unpaired) electrons. The van der Waals surface area contributed by atoms with E-state index in [9.17, 15) is 29.1 Å². The summed E-state index contributed by atoms with van der Waals surface area (Å²) < 4.78 is 10.2. The highest BCUT2D eigenvalue weighted by Gasteiger charge is 2.64. The SMILES string of the molecule is CO[C@H]1C(=O)N2C([C@]3(C(=O)O)CCC(=O)N3C(N)=O)=C(COC(C)=O)CSC12. The van der Waals surface area contributed by atoms with Gasteiger partial charge in [0.05, 0.1) is 5.70 Å². The van der Waals surface area contributed by atoms with Crippen LogP contribution in [0.25, 0.3) is 0 Å². The number of thioether (sulfide) groups is 1. The molecule has 0 aromatic rings. The van der Waals surface area contributed by atoms with E-state index in [2.05, 4.69) is 0 Å². The largest absolute Gasteiger partial charge is 0.479 e. The van der Waals surface area contributed by atoms with Gasteiger partial charge in [0.25, 0.3) is 5.91 Å². The summed E-state index contributed by atoms with van der Waals surface area (Å²) in [5.74, 6) is -3.11. The second-order valence-electron chi connectivity index (χ2n) is 6.53. The Morgan fingerprint density at radius 1 is 1.36 bits per heavy atom. The minimum Gasteiger partial charge on any atom is -0.479 e. The first kappa shape index (κ1) is 20.1. The number of carbonyl (C=O) groups excluding carboxylic acids is 4. The topological polar surface area (TPSA) is 157 Å². The van der Waals surface area contributed by atoms with Crippen LogP contribution in [0, 0.1) is 0 Å². The van der Waals surface area contributed by atoms with Gasteiger partial charge in [0.15, 0.2) is 11.6 Å². The van der Waals surface area contributed by atoms with Crippen molar-refractivity contribution >= 4 is 41.5 Å². The van der Waals surface area contributed by atoms with Gasteiger partial charge < -0.3 is 20.3 Å². The molecule has 152 valence electrons. The number of imide groups is 1. The molecular formula is C16H19N3O8S. The van der Waals surface area contributed by atoms with Gasteiger partial charge in [-0.05, 0) is 12.0 Å². The number of nitrogens with zero attached hydrogens (tertiary/aromatic N) is 2. The normalized spacial score (nSPS) is 29.5. The molecule has 3 N–H and O–H groups in total. The number of hydrogen-bond acceptors (Lipinski definition) is 8. The zero-order valence-corrected chi connectivity index (χ0v) is 16.0. The molecule has 0 aromatic heterocycles. The first-order valence-corrected chi connectivity index (χ1v) is 9.41. The van der Waals surface area contributed by atoms with Crippen LogP contribution in [0.2, 0.25) is 0 Å². The van der Waals surface area contributed by atoms with Crippen LogP contribution in [-0.4, -0.2) is 81.2 Å². The number of esters is 1. The van der Waals surface area contributed by atoms with E-state index < -0.39 is 46.8 Å². The summed E-state index contributed by atoms with van der Waals surface area (Å²) in [7, 11) is 1.36. The van der Waals surface area contributed by atoms with Crippen molar-refractivity contribution in [2.45, 2.75) is 36.8 Å². The smallest absolute Gasteiger partial charge is 0.336 e. The van der Waals surface area contributed by atoms with Gasteiger partial charge in [-0.3, -0.25) is 19.3 Å². The number of carbonyl (C=O) groups is 5. The summed E-state index contributed by atoms with van der Waals surface area (Å²) in [6.45, 7) is 0.915. The van der Waals surface area contributed by atoms with Gasteiger partial charge >= 0.3 is 18.0 Å². The monoisotopic (exact) mass is 413 g/mol. The molecule has 0 aromatic carbocycles. The van der Waals surface area contributed by atoms with Gasteiger partial charge in [-0.1, -0.05) is 0 Å². The predicted molar refractivity (Wildman–Crippen MR) is 93.6 cm³/mol. The number of carboxylic acid groups (broad SMARTS) is 1. The molecule has 2 fully saturated rings. The van der Waals surface area contributed by atoms with E-state index in [-0.39, 0.29) is 30.9 Å². The molecule has 0 saturated carbocycles. The highest BCUT2D eigenvalue weighted by atomic mass is 32.2. The standard InChI is InChI=1S/C16H19N3O8S/c1-7(20)27-5-8-6-28-13-10(26-2)12(22)18(13)11(8)16(14(23)24)4-3-9(21)19(16)15(17)25/h10,13H,3-6H2,1-2H3,(H2,17,25)(H,23,24)/t10-,13?,16-/m0/s1. The molecule has 0 bridgehead atoms. The van der Waals surface area contributed by atoms with E-state index in [1.807, 2.05) is 0 Å². The maximum absolute atomic E-state index is 12.6. The molecule has 3 rings (SSSR count). The summed E-state index contributed by atoms with van der Waals surface area (Å²) in [6, 6.07) is -1.23. The van der Waals surface area contributed by atoms with Crippen molar-refractivity contribution in [2.24, 2.45) is 5.73 Å². The molecule has 3 atom stereocenters. The van der Waals surface area contributed by atoms with Crippen LogP contribution in [0.15, 0.2) is 11.3 Å². The Morgan fingerprint density at radius 3 is 2.57 bits per heavy atom. The first-order valence-electron chi connectivity index (χ1n) is 8.36. The molecule has 28 heavy (non-hydrogen) atoms. The Hall–Kier alpha value is -2.60. The Balaban J connectivity index is 2.18. The number of β-lactam (4-membered cyclic amide) rings is 1. The van der Waals surface area contributed by atoms with Crippen molar-refractivity contribution in [3.63, 3.8) is 0 Å². The number of likely N-dealkylation sites (tertiary alicyclic amines) is 1. The molecule has 1 unspecified atom stereocenters. The fraction of sp³-hybridized carbons (Fsp3) is 0.562. The second-order valence-corrected chi connectivity index (χ2v) is 7.64. The predicted octanol–water partition coefficient (Wildman–Crippen LogP) is -0.742. The third kappa shape index (κ3) is 2.75. The van der Waals surface area contributed by atoms with Gasteiger partial charge in [0, 0.05) is 26.2 Å². The minimum atomic E-state index is -2.15. The second kappa shape index (κ2) is 7.09. The van der Waals surface area contributed by atoms with Gasteiger partial charge in [-0.2, -0.15) is 0 Å². The fourth-order valence-corrected chi connectivity index (χ4v) is 5.19. The highest BCUT2D eigenvalue weighted by molar-refractivity contribution is 8.00. The molecule has 11 nitrogen and oxygen atoms in total. The van der Waals surface area contributed by atoms with E-state index in [1.54, 1.807) is 0 Å². The van der Waals surface area contributed by atoms with Crippen molar-refractivity contribution in [3.8, 4) is 0 Å². The Kier molecular flexibility index (Phi) is 5.10. The summed E-state index contributed by atoms with van der Waals surface area (Å²) in [4.78, 5) is 62.2. The van der Waals surface area contributed by atoms with Crippen molar-refractivity contribution in [2.75, 3.05) is 19.5 Å². The van der Waals surface area contributed by atoms with Crippen LogP contribution >= 0.6 is 11.8 Å². The van der Waals surface area contributed by atoms with Crippen molar-refractivity contribution in [3.05, 3.63) is 11.3 Å². The zero-order valence-electron chi connectivity index (χ0n) is 15.2. The molecular weight excluding hydrogens is 394 g/mol. The van der Waals surface area contributed by atoms with Crippen molar-refractivity contribution in [1.82, 2.24) is 9.80 Å². The number of primary amides is 1. The van der Waals surface area contributed by atoms with Crippen LogP contribution in [0.4, 0.5) is 4.79 Å². The lowest BCUT2D eigenvalue weighted by molar-refractivity contribution is -0.163. The van der Waals surface area contributed by atoms with Crippen molar-refractivity contribution in [1.29, 1.82) is 0 Å². The van der Waals surface area contributed by atoms with E-state index >= 15 is 0 Å². The number of methoxy groups -OCH3 is 1. The quantitative estimate of drug-likeness (QED) is 0.437.